The number of carboxylic acids is 1. The maximum absolute atomic E-state index is 12.3. The molecule has 0 aliphatic carbocycles. The Labute approximate surface area is 120 Å². The lowest BCUT2D eigenvalue weighted by atomic mass is 10.2. The van der Waals surface area contributed by atoms with Crippen LogP contribution in [0.1, 0.15) is 0 Å². The number of hydrogen-bond donors (Lipinski definition) is 1. The van der Waals surface area contributed by atoms with Crippen LogP contribution in [0, 0.1) is 0 Å². The van der Waals surface area contributed by atoms with Gasteiger partial charge in [-0.1, -0.05) is 12.1 Å². The fraction of sp³-hybridized carbons (Fsp3) is 0.333. The van der Waals surface area contributed by atoms with Crippen LogP contribution in [0.3, 0.4) is 0 Å². The van der Waals surface area contributed by atoms with Gasteiger partial charge in [0.2, 0.25) is 16.1 Å². The van der Waals surface area contributed by atoms with Gasteiger partial charge in [-0.25, -0.2) is 13.2 Å². The second-order valence-electron chi connectivity index (χ2n) is 4.28. The number of methoxy groups -OCH3 is 1. The predicted molar refractivity (Wildman–Crippen MR) is 71.6 cm³/mol. The van der Waals surface area contributed by atoms with E-state index in [4.69, 9.17) is 9.84 Å². The Morgan fingerprint density at radius 3 is 2.71 bits per heavy atom. The van der Waals surface area contributed by atoms with Crippen LogP contribution < -0.4 is 9.04 Å². The van der Waals surface area contributed by atoms with Crippen molar-refractivity contribution >= 4 is 27.6 Å². The van der Waals surface area contributed by atoms with Gasteiger partial charge in [0.05, 0.1) is 19.3 Å². The fourth-order valence-corrected chi connectivity index (χ4v) is 3.26. The normalized spacial score (nSPS) is 17.6. The summed E-state index contributed by atoms with van der Waals surface area (Å²) in [6.45, 7) is -0.411. The molecule has 0 saturated heterocycles. The molecule has 8 nitrogen and oxygen atoms in total. The first kappa shape index (κ1) is 15.1. The van der Waals surface area contributed by atoms with E-state index in [0.29, 0.717) is 0 Å². The molecule has 1 aromatic carbocycles. The smallest absolute Gasteiger partial charge is 0.346 e. The van der Waals surface area contributed by atoms with Crippen molar-refractivity contribution in [3.8, 4) is 5.75 Å². The molecule has 0 bridgehead atoms. The number of rotatable bonds is 4. The number of aliphatic carboxylic acids is 1. The summed E-state index contributed by atoms with van der Waals surface area (Å²) in [6.07, 6.45) is -1.34. The number of hydrogen-bond acceptors (Lipinski definition) is 6. The Balaban J connectivity index is 2.42. The van der Waals surface area contributed by atoms with Crippen LogP contribution in [0.15, 0.2) is 24.3 Å². The summed E-state index contributed by atoms with van der Waals surface area (Å²) in [6, 6.07) is 6.12. The van der Waals surface area contributed by atoms with Crippen molar-refractivity contribution in [1.29, 1.82) is 0 Å². The Hall–Kier alpha value is -2.29. The molecular weight excluding hydrogens is 302 g/mol. The predicted octanol–water partition coefficient (Wildman–Crippen LogP) is -0.159. The van der Waals surface area contributed by atoms with E-state index in [1.165, 1.54) is 12.1 Å². The van der Waals surface area contributed by atoms with Crippen LogP contribution in [0.4, 0.5) is 5.69 Å². The summed E-state index contributed by atoms with van der Waals surface area (Å²) in [5.74, 6) is -2.96. The molecule has 0 fully saturated rings. The number of carbonyl (C=O) groups excluding carboxylic acids is 1. The van der Waals surface area contributed by atoms with Gasteiger partial charge in [-0.2, -0.15) is 0 Å². The van der Waals surface area contributed by atoms with Crippen LogP contribution in [-0.4, -0.2) is 51.0 Å². The zero-order valence-corrected chi connectivity index (χ0v) is 11.9. The number of fused-ring (bicyclic) bond motifs is 1. The van der Waals surface area contributed by atoms with Crippen molar-refractivity contribution in [2.45, 2.75) is 6.10 Å². The van der Waals surface area contributed by atoms with Crippen molar-refractivity contribution in [1.82, 2.24) is 0 Å². The largest absolute Gasteiger partial charge is 0.478 e. The minimum atomic E-state index is -4.06. The Kier molecular flexibility index (Phi) is 4.03. The lowest BCUT2D eigenvalue weighted by Crippen LogP contribution is -2.48. The Morgan fingerprint density at radius 1 is 1.43 bits per heavy atom. The summed E-state index contributed by atoms with van der Waals surface area (Å²) in [4.78, 5) is 22.3. The number of anilines is 1. The average molecular weight is 315 g/mol. The first-order valence-electron chi connectivity index (χ1n) is 5.91. The van der Waals surface area contributed by atoms with Crippen molar-refractivity contribution in [2.75, 3.05) is 23.7 Å². The van der Waals surface area contributed by atoms with Crippen LogP contribution in [0.5, 0.6) is 5.75 Å². The molecule has 2 rings (SSSR count). The number of ether oxygens (including phenoxy) is 2. The van der Waals surface area contributed by atoms with Gasteiger partial charge in [0, 0.05) is 0 Å². The SMILES string of the molecule is COC(=O)CS(=O)(=O)N1CC(C(=O)O)Oc2ccccc21. The lowest BCUT2D eigenvalue weighted by molar-refractivity contribution is -0.144. The van der Waals surface area contributed by atoms with Crippen molar-refractivity contribution in [3.05, 3.63) is 24.3 Å². The van der Waals surface area contributed by atoms with E-state index in [0.717, 1.165) is 11.4 Å². The second-order valence-corrected chi connectivity index (χ2v) is 6.17. The zero-order chi connectivity index (χ0) is 15.6. The van der Waals surface area contributed by atoms with Crippen LogP contribution in [-0.2, 0) is 24.3 Å². The molecule has 1 N–H and O–H groups in total. The Bertz CT molecular complexity index is 670. The molecule has 0 saturated carbocycles. The van der Waals surface area contributed by atoms with Gasteiger partial charge in [0.15, 0.2) is 5.75 Å². The lowest BCUT2D eigenvalue weighted by Gasteiger charge is -2.33. The Morgan fingerprint density at radius 2 is 2.10 bits per heavy atom. The number of nitrogens with zero attached hydrogens (tertiary/aromatic N) is 1. The molecule has 114 valence electrons. The maximum atomic E-state index is 12.3. The molecule has 9 heteroatoms. The van der Waals surface area contributed by atoms with E-state index in [9.17, 15) is 18.0 Å². The van der Waals surface area contributed by atoms with E-state index < -0.39 is 40.4 Å². The first-order valence-corrected chi connectivity index (χ1v) is 7.52. The zero-order valence-electron chi connectivity index (χ0n) is 11.1. The number of para-hydroxylation sites is 2. The average Bonchev–Trinajstić information content (AvgIpc) is 2.45. The van der Waals surface area contributed by atoms with E-state index in [-0.39, 0.29) is 11.4 Å². The van der Waals surface area contributed by atoms with Gasteiger partial charge in [-0.3, -0.25) is 9.10 Å². The quantitative estimate of drug-likeness (QED) is 0.769. The third-order valence-corrected chi connectivity index (χ3v) is 4.49. The van der Waals surface area contributed by atoms with Crippen molar-refractivity contribution < 1.29 is 32.6 Å². The summed E-state index contributed by atoms with van der Waals surface area (Å²) in [7, 11) is -2.98. The molecule has 1 aliphatic heterocycles. The van der Waals surface area contributed by atoms with Gasteiger partial charge in [0.25, 0.3) is 0 Å². The van der Waals surface area contributed by atoms with Crippen LogP contribution >= 0.6 is 0 Å². The molecule has 0 amide bonds. The topological polar surface area (TPSA) is 110 Å². The standard InChI is InChI=1S/C12H13NO7S/c1-19-11(14)7-21(17,18)13-6-10(12(15)16)20-9-5-3-2-4-8(9)13/h2-5,10H,6-7H2,1H3,(H,15,16). The number of benzene rings is 1. The summed E-state index contributed by atoms with van der Waals surface area (Å²) >= 11 is 0. The van der Waals surface area contributed by atoms with Gasteiger partial charge >= 0.3 is 11.9 Å². The highest BCUT2D eigenvalue weighted by Crippen LogP contribution is 2.35. The number of sulfonamides is 1. The van der Waals surface area contributed by atoms with Gasteiger partial charge < -0.3 is 14.6 Å². The van der Waals surface area contributed by atoms with Gasteiger partial charge in [-0.05, 0) is 12.1 Å². The molecule has 0 spiro atoms. The highest BCUT2D eigenvalue weighted by molar-refractivity contribution is 7.93. The first-order chi connectivity index (χ1) is 9.85. The highest BCUT2D eigenvalue weighted by Gasteiger charge is 2.37. The molecule has 0 radical (unpaired) electrons. The van der Waals surface area contributed by atoms with Crippen molar-refractivity contribution in [2.24, 2.45) is 0 Å². The molecule has 0 aromatic heterocycles. The van der Waals surface area contributed by atoms with E-state index >= 15 is 0 Å². The summed E-state index contributed by atoms with van der Waals surface area (Å²) < 4.78 is 35.0. The summed E-state index contributed by atoms with van der Waals surface area (Å²) in [5.41, 5.74) is 0.193. The highest BCUT2D eigenvalue weighted by atomic mass is 32.2. The minimum absolute atomic E-state index is 0.129. The molecular formula is C12H13NO7S. The van der Waals surface area contributed by atoms with E-state index in [2.05, 4.69) is 4.74 Å². The number of carboxylic acid groups (broad SMARTS) is 1. The molecule has 1 heterocycles. The van der Waals surface area contributed by atoms with E-state index in [1.54, 1.807) is 12.1 Å². The third kappa shape index (κ3) is 3.07. The maximum Gasteiger partial charge on any atom is 0.346 e. The molecule has 21 heavy (non-hydrogen) atoms. The minimum Gasteiger partial charge on any atom is -0.478 e. The van der Waals surface area contributed by atoms with Crippen LogP contribution in [0.2, 0.25) is 0 Å². The van der Waals surface area contributed by atoms with Gasteiger partial charge in [-0.15, -0.1) is 0 Å². The molecule has 1 aliphatic rings. The second kappa shape index (κ2) is 5.60. The van der Waals surface area contributed by atoms with E-state index in [1.807, 2.05) is 0 Å². The van der Waals surface area contributed by atoms with Crippen molar-refractivity contribution in [3.63, 3.8) is 0 Å². The third-order valence-electron chi connectivity index (χ3n) is 2.87. The number of esters is 1. The molecule has 1 atom stereocenters. The number of carbonyl (C=O) groups is 2. The van der Waals surface area contributed by atoms with Gasteiger partial charge in [0.1, 0.15) is 5.75 Å². The van der Waals surface area contributed by atoms with Crippen LogP contribution in [0.25, 0.3) is 0 Å². The molecule has 1 unspecified atom stereocenters. The monoisotopic (exact) mass is 315 g/mol. The summed E-state index contributed by atoms with van der Waals surface area (Å²) in [5, 5.41) is 9.04. The molecule has 1 aromatic rings. The fourth-order valence-electron chi connectivity index (χ4n) is 1.88.